The first-order valence-electron chi connectivity index (χ1n) is 7.93. The van der Waals surface area contributed by atoms with E-state index in [0.717, 1.165) is 5.56 Å². The standard InChI is InChI=1S/C18H21FN2O3S/c1-13(2)21-25(23,24)17-10-8-16(9-11-17)20-18(22)12-5-14-3-6-15(19)7-4-14/h3-4,6-11,13,21H,5,12H2,1-2H3,(H,20,22). The van der Waals surface area contributed by atoms with E-state index in [4.69, 9.17) is 0 Å². The number of carbonyl (C=O) groups is 1. The normalized spacial score (nSPS) is 11.5. The van der Waals surface area contributed by atoms with Crippen molar-refractivity contribution in [1.82, 2.24) is 4.72 Å². The molecule has 0 heterocycles. The maximum Gasteiger partial charge on any atom is 0.240 e. The molecule has 0 fully saturated rings. The van der Waals surface area contributed by atoms with Gasteiger partial charge in [0.1, 0.15) is 5.82 Å². The van der Waals surface area contributed by atoms with Gasteiger partial charge in [-0.3, -0.25) is 4.79 Å². The van der Waals surface area contributed by atoms with E-state index >= 15 is 0 Å². The summed E-state index contributed by atoms with van der Waals surface area (Å²) < 4.78 is 39.4. The lowest BCUT2D eigenvalue weighted by Crippen LogP contribution is -2.30. The lowest BCUT2D eigenvalue weighted by atomic mass is 10.1. The first kappa shape index (κ1) is 19.1. The highest BCUT2D eigenvalue weighted by atomic mass is 32.2. The first-order chi connectivity index (χ1) is 11.8. The van der Waals surface area contributed by atoms with Gasteiger partial charge in [0.15, 0.2) is 0 Å². The Balaban J connectivity index is 1.92. The second-order valence-electron chi connectivity index (χ2n) is 5.98. The van der Waals surface area contributed by atoms with Gasteiger partial charge in [-0.25, -0.2) is 17.5 Å². The van der Waals surface area contributed by atoms with E-state index in [1.165, 1.54) is 24.3 Å². The van der Waals surface area contributed by atoms with Crippen LogP contribution in [-0.4, -0.2) is 20.4 Å². The number of hydrogen-bond acceptors (Lipinski definition) is 3. The number of carbonyl (C=O) groups excluding carboxylic acids is 1. The second-order valence-corrected chi connectivity index (χ2v) is 7.69. The maximum absolute atomic E-state index is 12.8. The fourth-order valence-electron chi connectivity index (χ4n) is 2.23. The Labute approximate surface area is 147 Å². The number of aryl methyl sites for hydroxylation is 1. The van der Waals surface area contributed by atoms with Gasteiger partial charge in [-0.1, -0.05) is 12.1 Å². The predicted molar refractivity (Wildman–Crippen MR) is 95.3 cm³/mol. The zero-order valence-corrected chi connectivity index (χ0v) is 14.9. The molecule has 0 aliphatic rings. The highest BCUT2D eigenvalue weighted by Crippen LogP contribution is 2.15. The SMILES string of the molecule is CC(C)NS(=O)(=O)c1ccc(NC(=O)CCc2ccc(F)cc2)cc1. The molecular weight excluding hydrogens is 343 g/mol. The number of nitrogens with one attached hydrogen (secondary N) is 2. The molecule has 0 aliphatic carbocycles. The van der Waals surface area contributed by atoms with E-state index in [9.17, 15) is 17.6 Å². The smallest absolute Gasteiger partial charge is 0.240 e. The first-order valence-corrected chi connectivity index (χ1v) is 9.41. The van der Waals surface area contributed by atoms with Gasteiger partial charge in [0.25, 0.3) is 0 Å². The fraction of sp³-hybridized carbons (Fsp3) is 0.278. The summed E-state index contributed by atoms with van der Waals surface area (Å²) in [6, 6.07) is 11.8. The molecule has 2 rings (SSSR count). The Morgan fingerprint density at radius 2 is 1.64 bits per heavy atom. The van der Waals surface area contributed by atoms with Gasteiger partial charge in [-0.15, -0.1) is 0 Å². The van der Waals surface area contributed by atoms with Crippen molar-refractivity contribution in [3.05, 3.63) is 59.9 Å². The van der Waals surface area contributed by atoms with Crippen molar-refractivity contribution in [1.29, 1.82) is 0 Å². The lowest BCUT2D eigenvalue weighted by molar-refractivity contribution is -0.116. The molecule has 5 nitrogen and oxygen atoms in total. The van der Waals surface area contributed by atoms with E-state index < -0.39 is 10.0 Å². The quantitative estimate of drug-likeness (QED) is 0.793. The Hall–Kier alpha value is -2.25. The third-order valence-electron chi connectivity index (χ3n) is 3.39. The van der Waals surface area contributed by atoms with E-state index in [1.54, 1.807) is 38.1 Å². The van der Waals surface area contributed by atoms with Gasteiger partial charge in [0.05, 0.1) is 4.90 Å². The van der Waals surface area contributed by atoms with Gasteiger partial charge >= 0.3 is 0 Å². The van der Waals surface area contributed by atoms with Crippen LogP contribution in [0.25, 0.3) is 0 Å². The van der Waals surface area contributed by atoms with Crippen LogP contribution < -0.4 is 10.0 Å². The average molecular weight is 364 g/mol. The van der Waals surface area contributed by atoms with Gasteiger partial charge < -0.3 is 5.32 Å². The number of hydrogen-bond donors (Lipinski definition) is 2. The molecule has 134 valence electrons. The summed E-state index contributed by atoms with van der Waals surface area (Å²) in [5, 5.41) is 2.71. The van der Waals surface area contributed by atoms with Crippen molar-refractivity contribution in [2.45, 2.75) is 37.6 Å². The Bertz CT molecular complexity index is 816. The highest BCUT2D eigenvalue weighted by Gasteiger charge is 2.15. The summed E-state index contributed by atoms with van der Waals surface area (Å²) in [4.78, 5) is 12.1. The van der Waals surface area contributed by atoms with Crippen LogP contribution in [-0.2, 0) is 21.2 Å². The molecule has 0 aliphatic heterocycles. The number of anilines is 1. The minimum absolute atomic E-state index is 0.144. The van der Waals surface area contributed by atoms with Crippen LogP contribution in [0.1, 0.15) is 25.8 Å². The highest BCUT2D eigenvalue weighted by molar-refractivity contribution is 7.89. The van der Waals surface area contributed by atoms with Crippen molar-refractivity contribution in [3.8, 4) is 0 Å². The Morgan fingerprint density at radius 3 is 2.20 bits per heavy atom. The molecule has 2 aromatic carbocycles. The average Bonchev–Trinajstić information content (AvgIpc) is 2.54. The number of rotatable bonds is 7. The molecule has 7 heteroatoms. The van der Waals surface area contributed by atoms with Crippen molar-refractivity contribution in [2.75, 3.05) is 5.32 Å². The summed E-state index contributed by atoms with van der Waals surface area (Å²) in [5.41, 5.74) is 1.39. The molecule has 0 atom stereocenters. The van der Waals surface area contributed by atoms with Crippen molar-refractivity contribution < 1.29 is 17.6 Å². The molecule has 25 heavy (non-hydrogen) atoms. The van der Waals surface area contributed by atoms with Crippen molar-refractivity contribution in [2.24, 2.45) is 0 Å². The van der Waals surface area contributed by atoms with Crippen LogP contribution in [0.4, 0.5) is 10.1 Å². The Morgan fingerprint density at radius 1 is 1.04 bits per heavy atom. The minimum atomic E-state index is -3.55. The van der Waals surface area contributed by atoms with Crippen LogP contribution in [0.5, 0.6) is 0 Å². The molecule has 0 bridgehead atoms. The molecule has 1 amide bonds. The molecular formula is C18H21FN2O3S. The maximum atomic E-state index is 12.8. The van der Waals surface area contributed by atoms with E-state index in [2.05, 4.69) is 10.0 Å². The summed E-state index contributed by atoms with van der Waals surface area (Å²) >= 11 is 0. The van der Waals surface area contributed by atoms with E-state index in [0.29, 0.717) is 12.1 Å². The van der Waals surface area contributed by atoms with Gasteiger partial charge in [-0.05, 0) is 62.2 Å². The summed E-state index contributed by atoms with van der Waals surface area (Å²) in [6.07, 6.45) is 0.747. The van der Waals surface area contributed by atoms with Crippen LogP contribution in [0, 0.1) is 5.82 Å². The molecule has 2 N–H and O–H groups in total. The summed E-state index contributed by atoms with van der Waals surface area (Å²) in [5.74, 6) is -0.504. The van der Waals surface area contributed by atoms with Crippen LogP contribution >= 0.6 is 0 Å². The number of sulfonamides is 1. The molecule has 0 radical (unpaired) electrons. The summed E-state index contributed by atoms with van der Waals surface area (Å²) in [7, 11) is -3.55. The Kier molecular flexibility index (Phi) is 6.27. The van der Waals surface area contributed by atoms with Gasteiger partial charge in [0.2, 0.25) is 15.9 Å². The van der Waals surface area contributed by atoms with Crippen LogP contribution in [0.2, 0.25) is 0 Å². The summed E-state index contributed by atoms with van der Waals surface area (Å²) in [6.45, 7) is 3.49. The zero-order valence-electron chi connectivity index (χ0n) is 14.1. The van der Waals surface area contributed by atoms with Crippen LogP contribution in [0.3, 0.4) is 0 Å². The third-order valence-corrected chi connectivity index (χ3v) is 5.07. The monoisotopic (exact) mass is 364 g/mol. The zero-order chi connectivity index (χ0) is 18.4. The molecule has 0 spiro atoms. The topological polar surface area (TPSA) is 75.3 Å². The largest absolute Gasteiger partial charge is 0.326 e. The molecule has 0 saturated carbocycles. The number of halogens is 1. The molecule has 2 aromatic rings. The van der Waals surface area contributed by atoms with Gasteiger partial charge in [-0.2, -0.15) is 0 Å². The van der Waals surface area contributed by atoms with Crippen LogP contribution in [0.15, 0.2) is 53.4 Å². The fourth-order valence-corrected chi connectivity index (χ4v) is 3.48. The minimum Gasteiger partial charge on any atom is -0.326 e. The van der Waals surface area contributed by atoms with Crippen molar-refractivity contribution >= 4 is 21.6 Å². The number of amides is 1. The third kappa shape index (κ3) is 5.95. The second kappa shape index (κ2) is 8.22. The lowest BCUT2D eigenvalue weighted by Gasteiger charge is -2.10. The molecule has 0 aromatic heterocycles. The molecule has 0 unspecified atom stereocenters. The van der Waals surface area contributed by atoms with E-state index in [-0.39, 0.29) is 29.1 Å². The van der Waals surface area contributed by atoms with Crippen molar-refractivity contribution in [3.63, 3.8) is 0 Å². The predicted octanol–water partition coefficient (Wildman–Crippen LogP) is 3.08. The molecule has 0 saturated heterocycles. The van der Waals surface area contributed by atoms with Gasteiger partial charge in [0, 0.05) is 18.2 Å². The number of benzene rings is 2. The van der Waals surface area contributed by atoms with E-state index in [1.807, 2.05) is 0 Å².